The van der Waals surface area contributed by atoms with Gasteiger partial charge in [-0.05, 0) is 55.3 Å². The highest BCUT2D eigenvalue weighted by Crippen LogP contribution is 2.38. The fourth-order valence-electron chi connectivity index (χ4n) is 4.47. The van der Waals surface area contributed by atoms with Gasteiger partial charge in [-0.3, -0.25) is 9.59 Å². The largest absolute Gasteiger partial charge is 0.337 e. The van der Waals surface area contributed by atoms with E-state index in [1.807, 2.05) is 54.1 Å². The predicted molar refractivity (Wildman–Crippen MR) is 148 cm³/mol. The number of piperazine rings is 1. The SMILES string of the molecule is C=CC(=O)N1CCN(Sc2cccc(Nc3ncc4c(n3)N(C)c3ccc(C)cc3C(=O)N4C)c2)CC1. The van der Waals surface area contributed by atoms with Crippen LogP contribution in [0.4, 0.5) is 28.8 Å². The number of aryl methyl sites for hydroxylation is 1. The molecule has 3 aromatic rings. The molecule has 0 saturated carbocycles. The second-order valence-electron chi connectivity index (χ2n) is 9.05. The number of hydrogen-bond donors (Lipinski definition) is 1. The molecule has 0 bridgehead atoms. The van der Waals surface area contributed by atoms with Crippen molar-refractivity contribution in [3.8, 4) is 0 Å². The molecule has 1 N–H and O–H groups in total. The van der Waals surface area contributed by atoms with Gasteiger partial charge in [0.05, 0.1) is 17.4 Å². The van der Waals surface area contributed by atoms with Crippen LogP contribution in [0.25, 0.3) is 0 Å². The first-order valence-corrected chi connectivity index (χ1v) is 12.8. The molecule has 0 spiro atoms. The van der Waals surface area contributed by atoms with E-state index in [1.54, 1.807) is 30.1 Å². The number of carbonyl (C=O) groups is 2. The van der Waals surface area contributed by atoms with Crippen LogP contribution >= 0.6 is 11.9 Å². The van der Waals surface area contributed by atoms with Crippen LogP contribution in [-0.4, -0.2) is 71.3 Å². The summed E-state index contributed by atoms with van der Waals surface area (Å²) in [5.41, 5.74) is 3.97. The molecule has 0 radical (unpaired) electrons. The van der Waals surface area contributed by atoms with Crippen LogP contribution in [0.2, 0.25) is 0 Å². The molecule has 0 unspecified atom stereocenters. The van der Waals surface area contributed by atoms with E-state index in [1.165, 1.54) is 6.08 Å². The van der Waals surface area contributed by atoms with Crippen LogP contribution in [0.15, 0.2) is 66.2 Å². The Balaban J connectivity index is 1.33. The summed E-state index contributed by atoms with van der Waals surface area (Å²) in [6.07, 6.45) is 3.05. The molecule has 2 amide bonds. The van der Waals surface area contributed by atoms with Crippen molar-refractivity contribution in [1.29, 1.82) is 0 Å². The maximum atomic E-state index is 13.1. The number of carbonyl (C=O) groups excluding carboxylic acids is 2. The summed E-state index contributed by atoms with van der Waals surface area (Å²) in [5, 5.41) is 3.31. The molecule has 5 rings (SSSR count). The second-order valence-corrected chi connectivity index (χ2v) is 10.2. The van der Waals surface area contributed by atoms with Gasteiger partial charge in [-0.1, -0.05) is 24.3 Å². The number of anilines is 5. The van der Waals surface area contributed by atoms with Gasteiger partial charge in [0, 0.05) is 50.9 Å². The lowest BCUT2D eigenvalue weighted by Gasteiger charge is -2.33. The fourth-order valence-corrected chi connectivity index (χ4v) is 5.43. The van der Waals surface area contributed by atoms with Crippen LogP contribution in [0.5, 0.6) is 0 Å². The quantitative estimate of drug-likeness (QED) is 0.399. The van der Waals surface area contributed by atoms with Crippen LogP contribution in [0.1, 0.15) is 15.9 Å². The van der Waals surface area contributed by atoms with Gasteiger partial charge < -0.3 is 20.0 Å². The van der Waals surface area contributed by atoms with Gasteiger partial charge in [0.15, 0.2) is 5.82 Å². The number of amides is 2. The van der Waals surface area contributed by atoms with Crippen molar-refractivity contribution in [2.75, 3.05) is 55.4 Å². The van der Waals surface area contributed by atoms with E-state index in [-0.39, 0.29) is 11.8 Å². The molecule has 2 aromatic carbocycles. The first-order chi connectivity index (χ1) is 17.8. The Morgan fingerprint density at radius 3 is 2.59 bits per heavy atom. The Labute approximate surface area is 220 Å². The average Bonchev–Trinajstić information content (AvgIpc) is 2.98. The van der Waals surface area contributed by atoms with Gasteiger partial charge in [-0.15, -0.1) is 0 Å². The number of aromatic nitrogens is 2. The second kappa shape index (κ2) is 10.2. The molecule has 190 valence electrons. The summed E-state index contributed by atoms with van der Waals surface area (Å²) >= 11 is 1.67. The number of benzene rings is 2. The summed E-state index contributed by atoms with van der Waals surface area (Å²) in [5.74, 6) is 0.985. The third-order valence-corrected chi connectivity index (χ3v) is 7.62. The van der Waals surface area contributed by atoms with E-state index in [0.29, 0.717) is 36.1 Å². The van der Waals surface area contributed by atoms with E-state index in [2.05, 4.69) is 33.3 Å². The van der Waals surface area contributed by atoms with Gasteiger partial charge in [-0.2, -0.15) is 4.98 Å². The molecule has 3 heterocycles. The maximum absolute atomic E-state index is 13.1. The number of fused-ring (bicyclic) bond motifs is 2. The number of nitrogens with one attached hydrogen (secondary N) is 1. The highest BCUT2D eigenvalue weighted by molar-refractivity contribution is 7.97. The van der Waals surface area contributed by atoms with Crippen molar-refractivity contribution in [3.63, 3.8) is 0 Å². The standard InChI is InChI=1S/C27H29N7O2S/c1-5-24(35)33-11-13-34(14-12-33)37-20-8-6-7-19(16-20)29-27-28-17-23-25(30-27)31(3)22-10-9-18(2)15-21(22)26(36)32(23)4/h5-10,15-17H,1,11-14H2,2-4H3,(H,28,29,30). The smallest absolute Gasteiger partial charge is 0.260 e. The minimum Gasteiger partial charge on any atom is -0.337 e. The Bertz CT molecular complexity index is 1370. The van der Waals surface area contributed by atoms with Crippen molar-refractivity contribution in [1.82, 2.24) is 19.2 Å². The molecule has 1 aromatic heterocycles. The Morgan fingerprint density at radius 1 is 1.05 bits per heavy atom. The van der Waals surface area contributed by atoms with Crippen molar-refractivity contribution >= 4 is 52.6 Å². The van der Waals surface area contributed by atoms with Crippen molar-refractivity contribution in [3.05, 3.63) is 72.4 Å². The summed E-state index contributed by atoms with van der Waals surface area (Å²) in [6, 6.07) is 13.9. The molecule has 1 saturated heterocycles. The average molecular weight is 516 g/mol. The molecule has 2 aliphatic heterocycles. The van der Waals surface area contributed by atoms with Crippen LogP contribution in [0.3, 0.4) is 0 Å². The molecule has 2 aliphatic rings. The zero-order valence-electron chi connectivity index (χ0n) is 21.1. The van der Waals surface area contributed by atoms with Gasteiger partial charge in [0.1, 0.15) is 5.69 Å². The van der Waals surface area contributed by atoms with E-state index < -0.39 is 0 Å². The topological polar surface area (TPSA) is 84.9 Å². The van der Waals surface area contributed by atoms with Crippen molar-refractivity contribution in [2.24, 2.45) is 0 Å². The first kappa shape index (κ1) is 24.8. The molecule has 37 heavy (non-hydrogen) atoms. The molecule has 0 aliphatic carbocycles. The predicted octanol–water partition coefficient (Wildman–Crippen LogP) is 4.22. The highest BCUT2D eigenvalue weighted by atomic mass is 32.2. The van der Waals surface area contributed by atoms with Crippen LogP contribution in [0, 0.1) is 6.92 Å². The number of hydrogen-bond acceptors (Lipinski definition) is 8. The summed E-state index contributed by atoms with van der Waals surface area (Å²) < 4.78 is 2.26. The molecule has 10 heteroatoms. The van der Waals surface area contributed by atoms with Crippen molar-refractivity contribution in [2.45, 2.75) is 11.8 Å². The Hall–Kier alpha value is -3.89. The van der Waals surface area contributed by atoms with E-state index >= 15 is 0 Å². The summed E-state index contributed by atoms with van der Waals surface area (Å²) in [4.78, 5) is 40.7. The van der Waals surface area contributed by atoms with Gasteiger partial charge in [0.2, 0.25) is 11.9 Å². The zero-order valence-corrected chi connectivity index (χ0v) is 22.0. The van der Waals surface area contributed by atoms with Gasteiger partial charge >= 0.3 is 0 Å². The Morgan fingerprint density at radius 2 is 1.84 bits per heavy atom. The number of rotatable bonds is 5. The lowest BCUT2D eigenvalue weighted by Crippen LogP contribution is -2.45. The summed E-state index contributed by atoms with van der Waals surface area (Å²) in [7, 11) is 3.66. The minimum absolute atomic E-state index is 0.0172. The maximum Gasteiger partial charge on any atom is 0.260 e. The third kappa shape index (κ3) is 5.03. The van der Waals surface area contributed by atoms with E-state index in [0.717, 1.165) is 34.9 Å². The molecule has 1 fully saturated rings. The third-order valence-electron chi connectivity index (χ3n) is 6.53. The molecular weight excluding hydrogens is 486 g/mol. The lowest BCUT2D eigenvalue weighted by molar-refractivity contribution is -0.127. The fraction of sp³-hybridized carbons (Fsp3) is 0.259. The Kier molecular flexibility index (Phi) is 6.86. The lowest BCUT2D eigenvalue weighted by atomic mass is 10.1. The highest BCUT2D eigenvalue weighted by Gasteiger charge is 2.29. The minimum atomic E-state index is -0.0898. The van der Waals surface area contributed by atoms with E-state index in [9.17, 15) is 9.59 Å². The normalized spacial score (nSPS) is 15.6. The monoisotopic (exact) mass is 515 g/mol. The summed E-state index contributed by atoms with van der Waals surface area (Å²) in [6.45, 7) is 8.50. The van der Waals surface area contributed by atoms with Crippen molar-refractivity contribution < 1.29 is 9.59 Å². The zero-order chi connectivity index (χ0) is 26.1. The van der Waals surface area contributed by atoms with Crippen LogP contribution < -0.4 is 15.1 Å². The number of nitrogens with zero attached hydrogens (tertiary/aromatic N) is 6. The van der Waals surface area contributed by atoms with Crippen LogP contribution in [-0.2, 0) is 4.79 Å². The molecular formula is C27H29N7O2S. The first-order valence-electron chi connectivity index (χ1n) is 12.0. The van der Waals surface area contributed by atoms with Gasteiger partial charge in [-0.25, -0.2) is 9.29 Å². The molecule has 9 nitrogen and oxygen atoms in total. The van der Waals surface area contributed by atoms with Gasteiger partial charge in [0.25, 0.3) is 5.91 Å². The molecule has 0 atom stereocenters. The van der Waals surface area contributed by atoms with E-state index in [4.69, 9.17) is 4.98 Å².